The van der Waals surface area contributed by atoms with Crippen LogP contribution in [0.3, 0.4) is 0 Å². The van der Waals surface area contributed by atoms with Gasteiger partial charge in [0, 0.05) is 18.0 Å². The van der Waals surface area contributed by atoms with Gasteiger partial charge in [-0.25, -0.2) is 20.6 Å². The van der Waals surface area contributed by atoms with Gasteiger partial charge in [0.05, 0.1) is 0 Å². The average molecular weight is 311 g/mol. The Morgan fingerprint density at radius 1 is 1.22 bits per heavy atom. The highest BCUT2D eigenvalue weighted by Crippen LogP contribution is 2.15. The standard InChI is InChI=1S/C15H13N5O3/c16-13(15(21)22)14(20-17)23-11-4-1-3-10(9-11)5-6-12-18-7-2-8-19-12/h1-4,7-9,20H,16-17H2,(H,21,22)/b14-13+. The molecule has 0 saturated heterocycles. The zero-order chi connectivity index (χ0) is 16.7. The Bertz CT molecular complexity index is 794. The summed E-state index contributed by atoms with van der Waals surface area (Å²) >= 11 is 0. The third-order valence-electron chi connectivity index (χ3n) is 2.54. The Morgan fingerprint density at radius 2 is 1.96 bits per heavy atom. The number of nitrogens with one attached hydrogen (secondary N) is 1. The first-order valence-electron chi connectivity index (χ1n) is 6.36. The number of hydrogen-bond acceptors (Lipinski definition) is 7. The molecule has 0 fully saturated rings. The Labute approximate surface area is 131 Å². The molecule has 6 N–H and O–H groups in total. The number of nitrogens with two attached hydrogens (primary N) is 2. The van der Waals surface area contributed by atoms with Crippen LogP contribution in [0.25, 0.3) is 0 Å². The van der Waals surface area contributed by atoms with Gasteiger partial charge in [-0.15, -0.1) is 0 Å². The van der Waals surface area contributed by atoms with E-state index in [-0.39, 0.29) is 5.88 Å². The number of nitrogens with zero attached hydrogens (tertiary/aromatic N) is 2. The lowest BCUT2D eigenvalue weighted by molar-refractivity contribution is -0.132. The van der Waals surface area contributed by atoms with Crippen molar-refractivity contribution in [1.29, 1.82) is 0 Å². The fourth-order valence-corrected chi connectivity index (χ4v) is 1.51. The molecule has 0 atom stereocenters. The van der Waals surface area contributed by atoms with Crippen LogP contribution < -0.4 is 21.7 Å². The number of aliphatic carboxylic acids is 1. The van der Waals surface area contributed by atoms with Gasteiger partial charge >= 0.3 is 5.97 Å². The van der Waals surface area contributed by atoms with Crippen LogP contribution >= 0.6 is 0 Å². The fraction of sp³-hybridized carbons (Fsp3) is 0. The number of benzene rings is 1. The third-order valence-corrected chi connectivity index (χ3v) is 2.54. The molecule has 0 aliphatic rings. The summed E-state index contributed by atoms with van der Waals surface area (Å²) in [6.45, 7) is 0. The Kier molecular flexibility index (Phi) is 5.12. The van der Waals surface area contributed by atoms with Crippen molar-refractivity contribution in [3.63, 3.8) is 0 Å². The van der Waals surface area contributed by atoms with E-state index in [9.17, 15) is 4.79 Å². The minimum atomic E-state index is -1.35. The van der Waals surface area contributed by atoms with E-state index in [0.29, 0.717) is 17.1 Å². The van der Waals surface area contributed by atoms with E-state index in [2.05, 4.69) is 27.2 Å². The van der Waals surface area contributed by atoms with Crippen molar-refractivity contribution in [2.24, 2.45) is 11.6 Å². The normalized spacial score (nSPS) is 10.8. The number of aromatic nitrogens is 2. The highest BCUT2D eigenvalue weighted by molar-refractivity contribution is 5.85. The van der Waals surface area contributed by atoms with E-state index >= 15 is 0 Å². The third kappa shape index (κ3) is 4.45. The van der Waals surface area contributed by atoms with E-state index < -0.39 is 11.7 Å². The van der Waals surface area contributed by atoms with Crippen LogP contribution in [0.2, 0.25) is 0 Å². The number of hydrogen-bond donors (Lipinski definition) is 4. The molecule has 1 aromatic carbocycles. The van der Waals surface area contributed by atoms with Crippen LogP contribution in [0.5, 0.6) is 5.75 Å². The molecule has 0 radical (unpaired) electrons. The molecule has 2 aromatic rings. The van der Waals surface area contributed by atoms with Crippen molar-refractivity contribution in [2.45, 2.75) is 0 Å². The first-order chi connectivity index (χ1) is 11.1. The summed E-state index contributed by atoms with van der Waals surface area (Å²) in [6.07, 6.45) is 3.18. The van der Waals surface area contributed by atoms with Crippen LogP contribution in [-0.2, 0) is 4.79 Å². The molecule has 0 saturated carbocycles. The number of carboxylic acid groups (broad SMARTS) is 1. The molecular formula is C15H13N5O3. The van der Waals surface area contributed by atoms with Crippen molar-refractivity contribution in [2.75, 3.05) is 0 Å². The summed E-state index contributed by atoms with van der Waals surface area (Å²) in [5, 5.41) is 8.83. The molecule has 116 valence electrons. The molecule has 1 aromatic heterocycles. The molecule has 0 unspecified atom stereocenters. The molecule has 0 amide bonds. The molecule has 0 aliphatic carbocycles. The first-order valence-corrected chi connectivity index (χ1v) is 6.36. The van der Waals surface area contributed by atoms with Gasteiger partial charge in [-0.05, 0) is 30.2 Å². The summed E-state index contributed by atoms with van der Waals surface area (Å²) in [7, 11) is 0. The van der Waals surface area contributed by atoms with Crippen LogP contribution in [0.4, 0.5) is 0 Å². The van der Waals surface area contributed by atoms with Gasteiger partial charge in [0.25, 0.3) is 0 Å². The van der Waals surface area contributed by atoms with Gasteiger partial charge in [-0.2, -0.15) is 0 Å². The smallest absolute Gasteiger partial charge is 0.357 e. The monoisotopic (exact) mass is 311 g/mol. The second kappa shape index (κ2) is 7.44. The maximum Gasteiger partial charge on any atom is 0.357 e. The quantitative estimate of drug-likeness (QED) is 0.202. The lowest BCUT2D eigenvalue weighted by Gasteiger charge is -2.10. The molecule has 1 heterocycles. The lowest BCUT2D eigenvalue weighted by Crippen LogP contribution is -2.31. The summed E-state index contributed by atoms with van der Waals surface area (Å²) in [5.41, 5.74) is 7.55. The average Bonchev–Trinajstić information content (AvgIpc) is 2.58. The summed E-state index contributed by atoms with van der Waals surface area (Å²) in [6, 6.07) is 8.35. The summed E-state index contributed by atoms with van der Waals surface area (Å²) in [5.74, 6) is 9.97. The van der Waals surface area contributed by atoms with Crippen molar-refractivity contribution in [3.8, 4) is 17.6 Å². The predicted octanol–water partition coefficient (Wildman–Crippen LogP) is -0.0691. The van der Waals surface area contributed by atoms with Crippen LogP contribution in [0.15, 0.2) is 54.3 Å². The zero-order valence-electron chi connectivity index (χ0n) is 11.9. The number of ether oxygens (including phenoxy) is 1. The lowest BCUT2D eigenvalue weighted by atomic mass is 10.2. The Balaban J connectivity index is 2.22. The topological polar surface area (TPSA) is 136 Å². The largest absolute Gasteiger partial charge is 0.476 e. The van der Waals surface area contributed by atoms with Gasteiger partial charge in [0.1, 0.15) is 5.75 Å². The molecule has 0 bridgehead atoms. The maximum absolute atomic E-state index is 10.8. The maximum atomic E-state index is 10.8. The zero-order valence-corrected chi connectivity index (χ0v) is 11.9. The van der Waals surface area contributed by atoms with E-state index in [0.717, 1.165) is 0 Å². The molecule has 23 heavy (non-hydrogen) atoms. The van der Waals surface area contributed by atoms with Crippen LogP contribution in [0, 0.1) is 11.8 Å². The van der Waals surface area contributed by atoms with Gasteiger partial charge in [0.2, 0.25) is 11.7 Å². The predicted molar refractivity (Wildman–Crippen MR) is 81.3 cm³/mol. The first kappa shape index (κ1) is 15.8. The van der Waals surface area contributed by atoms with E-state index in [1.54, 1.807) is 42.7 Å². The van der Waals surface area contributed by atoms with Crippen molar-refractivity contribution >= 4 is 5.97 Å². The van der Waals surface area contributed by atoms with E-state index in [1.165, 1.54) is 0 Å². The number of carbonyl (C=O) groups is 1. The summed E-state index contributed by atoms with van der Waals surface area (Å²) in [4.78, 5) is 18.8. The second-order valence-electron chi connectivity index (χ2n) is 4.14. The fourth-order valence-electron chi connectivity index (χ4n) is 1.51. The molecule has 0 spiro atoms. The van der Waals surface area contributed by atoms with Gasteiger partial charge in [-0.1, -0.05) is 12.0 Å². The van der Waals surface area contributed by atoms with Crippen molar-refractivity contribution in [1.82, 2.24) is 15.4 Å². The van der Waals surface area contributed by atoms with Gasteiger partial charge in [-0.3, -0.25) is 5.43 Å². The molecule has 0 aliphatic heterocycles. The highest BCUT2D eigenvalue weighted by atomic mass is 16.5. The van der Waals surface area contributed by atoms with E-state index in [1.807, 2.05) is 0 Å². The summed E-state index contributed by atoms with van der Waals surface area (Å²) < 4.78 is 5.32. The van der Waals surface area contributed by atoms with E-state index in [4.69, 9.17) is 21.4 Å². The number of carboxylic acids is 1. The molecular weight excluding hydrogens is 298 g/mol. The van der Waals surface area contributed by atoms with Gasteiger partial charge in [0.15, 0.2) is 5.70 Å². The second-order valence-corrected chi connectivity index (χ2v) is 4.14. The van der Waals surface area contributed by atoms with Crippen molar-refractivity contribution < 1.29 is 14.6 Å². The Morgan fingerprint density at radius 3 is 2.61 bits per heavy atom. The highest BCUT2D eigenvalue weighted by Gasteiger charge is 2.12. The SMILES string of the molecule is NN/C(Oc1cccc(C#Cc2ncccn2)c1)=C(\N)C(=O)O. The Hall–Kier alpha value is -3.57. The molecule has 8 heteroatoms. The molecule has 2 rings (SSSR count). The van der Waals surface area contributed by atoms with Crippen LogP contribution in [0.1, 0.15) is 11.4 Å². The van der Waals surface area contributed by atoms with Crippen LogP contribution in [-0.4, -0.2) is 21.0 Å². The number of hydrazine groups is 1. The van der Waals surface area contributed by atoms with Crippen molar-refractivity contribution in [3.05, 3.63) is 65.7 Å². The molecule has 8 nitrogen and oxygen atoms in total. The number of rotatable bonds is 4. The van der Waals surface area contributed by atoms with Gasteiger partial charge < -0.3 is 15.6 Å². The minimum absolute atomic E-state index is 0.269. The minimum Gasteiger partial charge on any atom is -0.476 e.